The highest BCUT2D eigenvalue weighted by Gasteiger charge is 2.10. The zero-order chi connectivity index (χ0) is 17.1. The van der Waals surface area contributed by atoms with Crippen LogP contribution in [0.25, 0.3) is 0 Å². The lowest BCUT2D eigenvalue weighted by Gasteiger charge is -2.18. The summed E-state index contributed by atoms with van der Waals surface area (Å²) in [4.78, 5) is 25.0. The van der Waals surface area contributed by atoms with Crippen molar-refractivity contribution in [1.82, 2.24) is 4.90 Å². The summed E-state index contributed by atoms with van der Waals surface area (Å²) >= 11 is 0. The molecule has 7 heteroatoms. The molecule has 0 spiro atoms. The molecule has 0 amide bonds. The fourth-order valence-corrected chi connectivity index (χ4v) is 4.32. The Kier molecular flexibility index (Phi) is 11.3. The van der Waals surface area contributed by atoms with E-state index in [4.69, 9.17) is 9.84 Å². The number of ether oxygens (including phenoxy) is 1. The molecule has 0 aromatic carbocycles. The van der Waals surface area contributed by atoms with Crippen molar-refractivity contribution in [3.8, 4) is 0 Å². The number of esters is 1. The molecule has 128 valence electrons. The van der Waals surface area contributed by atoms with Crippen LogP contribution >= 0.6 is 21.6 Å². The number of carbonyl (C=O) groups excluding carboxylic acids is 1. The van der Waals surface area contributed by atoms with Gasteiger partial charge in [0.25, 0.3) is 0 Å². The highest BCUT2D eigenvalue weighted by molar-refractivity contribution is 8.78. The van der Waals surface area contributed by atoms with Gasteiger partial charge in [-0.2, -0.15) is 0 Å². The van der Waals surface area contributed by atoms with Gasteiger partial charge in [-0.3, -0.25) is 9.59 Å². The molecule has 0 aliphatic heterocycles. The summed E-state index contributed by atoms with van der Waals surface area (Å²) in [5.41, 5.74) is 1.16. The van der Waals surface area contributed by atoms with Gasteiger partial charge in [0.05, 0.1) is 19.4 Å². The zero-order valence-electron chi connectivity index (χ0n) is 14.0. The quantitative estimate of drug-likeness (QED) is 0.451. The number of allylic oxidation sites excluding steroid dienone is 1. The van der Waals surface area contributed by atoms with Crippen LogP contribution in [0.15, 0.2) is 10.6 Å². The van der Waals surface area contributed by atoms with Gasteiger partial charge in [-0.1, -0.05) is 35.4 Å². The van der Waals surface area contributed by atoms with E-state index in [0.29, 0.717) is 12.3 Å². The molecule has 0 heterocycles. The van der Waals surface area contributed by atoms with Gasteiger partial charge in [0, 0.05) is 36.9 Å². The Morgan fingerprint density at radius 3 is 2.32 bits per heavy atom. The van der Waals surface area contributed by atoms with E-state index in [9.17, 15) is 9.59 Å². The van der Waals surface area contributed by atoms with E-state index in [1.165, 1.54) is 4.91 Å². The fraction of sp³-hybridized carbons (Fsp3) is 0.733. The van der Waals surface area contributed by atoms with E-state index < -0.39 is 11.9 Å². The molecule has 0 aliphatic rings. The smallest absolute Gasteiger partial charge is 0.306 e. The summed E-state index contributed by atoms with van der Waals surface area (Å²) < 4.78 is 5.10. The molecule has 0 aliphatic carbocycles. The van der Waals surface area contributed by atoms with Gasteiger partial charge in [-0.25, -0.2) is 0 Å². The van der Waals surface area contributed by atoms with Crippen LogP contribution < -0.4 is 0 Å². The van der Waals surface area contributed by atoms with Crippen LogP contribution in [0.2, 0.25) is 0 Å². The Morgan fingerprint density at radius 2 is 1.82 bits per heavy atom. The van der Waals surface area contributed by atoms with Gasteiger partial charge in [-0.15, -0.1) is 0 Å². The Hall–Kier alpha value is -0.820. The average molecular weight is 350 g/mol. The fourth-order valence-electron chi connectivity index (χ4n) is 1.31. The topological polar surface area (TPSA) is 66.8 Å². The third kappa shape index (κ3) is 10.8. The molecule has 0 bridgehead atoms. The van der Waals surface area contributed by atoms with E-state index in [-0.39, 0.29) is 19.4 Å². The summed E-state index contributed by atoms with van der Waals surface area (Å²) in [7, 11) is 7.50. The number of nitrogens with zero attached hydrogens (tertiary/aromatic N) is 1. The van der Waals surface area contributed by atoms with Crippen LogP contribution in [0.1, 0.15) is 40.0 Å². The predicted molar refractivity (Wildman–Crippen MR) is 93.7 cm³/mol. The van der Waals surface area contributed by atoms with Gasteiger partial charge in [-0.05, 0) is 12.8 Å². The highest BCUT2D eigenvalue weighted by atomic mass is 33.1. The maximum atomic E-state index is 11.4. The molecule has 0 atom stereocenters. The normalized spacial score (nSPS) is 12.1. The maximum Gasteiger partial charge on any atom is 0.306 e. The summed E-state index contributed by atoms with van der Waals surface area (Å²) in [5.74, 6) is 0.255. The van der Waals surface area contributed by atoms with Crippen molar-refractivity contribution >= 4 is 33.5 Å². The molecule has 22 heavy (non-hydrogen) atoms. The SMILES string of the molecule is C/C(=C(\CCOC(=O)CCC(=O)O)SSCC(C)C)N(C)C. The van der Waals surface area contributed by atoms with Gasteiger partial charge in [0.1, 0.15) is 0 Å². The van der Waals surface area contributed by atoms with E-state index in [0.717, 1.165) is 11.4 Å². The Balaban J connectivity index is 4.33. The molecule has 0 saturated heterocycles. The molecule has 0 rings (SSSR count). The monoisotopic (exact) mass is 349 g/mol. The van der Waals surface area contributed by atoms with Gasteiger partial charge < -0.3 is 14.7 Å². The van der Waals surface area contributed by atoms with E-state index in [2.05, 4.69) is 13.8 Å². The average Bonchev–Trinajstić information content (AvgIpc) is 2.42. The molecule has 0 unspecified atom stereocenters. The Labute approximate surface area is 141 Å². The second-order valence-electron chi connectivity index (χ2n) is 5.53. The van der Waals surface area contributed by atoms with Crippen LogP contribution in [0.4, 0.5) is 0 Å². The lowest BCUT2D eigenvalue weighted by molar-refractivity contribution is -0.147. The molecule has 5 nitrogen and oxygen atoms in total. The number of hydrogen-bond donors (Lipinski definition) is 1. The van der Waals surface area contributed by atoms with Gasteiger partial charge in [0.2, 0.25) is 0 Å². The summed E-state index contributed by atoms with van der Waals surface area (Å²) in [6, 6.07) is 0. The second-order valence-corrected chi connectivity index (χ2v) is 7.96. The number of rotatable bonds is 11. The third-order valence-corrected chi connectivity index (χ3v) is 5.76. The van der Waals surface area contributed by atoms with Crippen LogP contribution in [0.5, 0.6) is 0 Å². The first-order chi connectivity index (χ1) is 10.2. The molecular formula is C15H27NO4S2. The molecule has 0 radical (unpaired) electrons. The van der Waals surface area contributed by atoms with E-state index >= 15 is 0 Å². The lowest BCUT2D eigenvalue weighted by Crippen LogP contribution is -2.12. The van der Waals surface area contributed by atoms with Crippen molar-refractivity contribution in [2.75, 3.05) is 26.5 Å². The molecular weight excluding hydrogens is 322 g/mol. The van der Waals surface area contributed by atoms with Crippen molar-refractivity contribution < 1.29 is 19.4 Å². The predicted octanol–water partition coefficient (Wildman–Crippen LogP) is 3.62. The van der Waals surface area contributed by atoms with Crippen LogP contribution in [0.3, 0.4) is 0 Å². The standard InChI is InChI=1S/C15H27NO4S2/c1-11(2)10-21-22-13(12(3)16(4)5)8-9-20-15(19)7-6-14(17)18/h11H,6-10H2,1-5H3,(H,17,18)/b13-12-. The Morgan fingerprint density at radius 1 is 1.18 bits per heavy atom. The number of hydrogen-bond acceptors (Lipinski definition) is 6. The van der Waals surface area contributed by atoms with Crippen molar-refractivity contribution in [2.45, 2.75) is 40.0 Å². The maximum absolute atomic E-state index is 11.4. The first-order valence-electron chi connectivity index (χ1n) is 7.28. The minimum absolute atomic E-state index is 0.0731. The summed E-state index contributed by atoms with van der Waals surface area (Å²) in [6.45, 7) is 6.69. The van der Waals surface area contributed by atoms with Crippen molar-refractivity contribution in [3.05, 3.63) is 10.6 Å². The lowest BCUT2D eigenvalue weighted by atomic mass is 10.3. The van der Waals surface area contributed by atoms with Crippen molar-refractivity contribution in [2.24, 2.45) is 5.92 Å². The first-order valence-corrected chi connectivity index (χ1v) is 9.59. The van der Waals surface area contributed by atoms with E-state index in [1.54, 1.807) is 21.6 Å². The minimum atomic E-state index is -0.985. The molecule has 1 N–H and O–H groups in total. The zero-order valence-corrected chi connectivity index (χ0v) is 15.7. The summed E-state index contributed by atoms with van der Waals surface area (Å²) in [5, 5.41) is 8.52. The number of carboxylic acids is 1. The highest BCUT2D eigenvalue weighted by Crippen LogP contribution is 2.36. The molecule has 0 aromatic heterocycles. The van der Waals surface area contributed by atoms with Gasteiger partial charge in [0.15, 0.2) is 0 Å². The van der Waals surface area contributed by atoms with Crippen LogP contribution in [0, 0.1) is 5.92 Å². The summed E-state index contributed by atoms with van der Waals surface area (Å²) in [6.07, 6.45) is 0.395. The van der Waals surface area contributed by atoms with Crippen molar-refractivity contribution in [1.29, 1.82) is 0 Å². The molecule has 0 saturated carbocycles. The number of carboxylic acid groups (broad SMARTS) is 1. The first kappa shape index (κ1) is 21.2. The number of carbonyl (C=O) groups is 2. The molecule has 0 aromatic rings. The Bertz CT molecular complexity index is 395. The third-order valence-electron chi connectivity index (χ3n) is 2.77. The van der Waals surface area contributed by atoms with E-state index in [1.807, 2.05) is 25.9 Å². The van der Waals surface area contributed by atoms with Crippen LogP contribution in [-0.2, 0) is 14.3 Å². The second kappa shape index (κ2) is 11.7. The number of aliphatic carboxylic acids is 1. The minimum Gasteiger partial charge on any atom is -0.481 e. The van der Waals surface area contributed by atoms with Crippen LogP contribution in [-0.4, -0.2) is 48.4 Å². The molecule has 0 fully saturated rings. The van der Waals surface area contributed by atoms with Crippen molar-refractivity contribution in [3.63, 3.8) is 0 Å². The van der Waals surface area contributed by atoms with Gasteiger partial charge >= 0.3 is 11.9 Å². The largest absolute Gasteiger partial charge is 0.481 e.